The Bertz CT molecular complexity index is 560. The lowest BCUT2D eigenvalue weighted by molar-refractivity contribution is 0.354. The van der Waals surface area contributed by atoms with Crippen LogP contribution in [0.2, 0.25) is 0 Å². The smallest absolute Gasteiger partial charge is 0.179 e. The van der Waals surface area contributed by atoms with Crippen LogP contribution >= 0.6 is 0 Å². The third-order valence-electron chi connectivity index (χ3n) is 2.40. The lowest BCUT2D eigenvalue weighted by Crippen LogP contribution is -2.13. The molecule has 0 spiro atoms. The van der Waals surface area contributed by atoms with E-state index in [1.165, 1.54) is 32.4 Å². The predicted octanol–water partition coefficient (Wildman–Crippen LogP) is 1.64. The van der Waals surface area contributed by atoms with Crippen LogP contribution in [-0.4, -0.2) is 28.4 Å². The van der Waals surface area contributed by atoms with E-state index in [1.807, 2.05) is 6.07 Å². The molecule has 0 aliphatic rings. The molecule has 1 atom stereocenters. The van der Waals surface area contributed by atoms with Gasteiger partial charge >= 0.3 is 0 Å². The van der Waals surface area contributed by atoms with Gasteiger partial charge in [0.15, 0.2) is 21.3 Å². The minimum atomic E-state index is -3.49. The number of hydrogen-bond donors (Lipinski definition) is 0. The fourth-order valence-corrected chi connectivity index (χ4v) is 2.96. The van der Waals surface area contributed by atoms with Gasteiger partial charge in [-0.3, -0.25) is 0 Å². The zero-order chi connectivity index (χ0) is 13.8. The molecule has 0 N–H and O–H groups in total. The molecule has 1 rings (SSSR count). The number of sulfone groups is 1. The van der Waals surface area contributed by atoms with Gasteiger partial charge in [0.05, 0.1) is 36.9 Å². The number of rotatable bonds is 5. The Morgan fingerprint density at radius 1 is 1.28 bits per heavy atom. The van der Waals surface area contributed by atoms with E-state index < -0.39 is 15.8 Å². The molecule has 0 aromatic heterocycles. The third kappa shape index (κ3) is 3.14. The Morgan fingerprint density at radius 2 is 1.89 bits per heavy atom. The second-order valence-electron chi connectivity index (χ2n) is 3.83. The highest BCUT2D eigenvalue weighted by molar-refractivity contribution is 7.91. The second-order valence-corrected chi connectivity index (χ2v) is 5.86. The molecule has 18 heavy (non-hydrogen) atoms. The number of ether oxygens (including phenoxy) is 2. The Balaban J connectivity index is 3.15. The molecule has 0 saturated heterocycles. The van der Waals surface area contributed by atoms with Crippen LogP contribution < -0.4 is 9.47 Å². The Kier molecular flexibility index (Phi) is 4.56. The zero-order valence-electron chi connectivity index (χ0n) is 10.5. The number of benzene rings is 1. The van der Waals surface area contributed by atoms with Gasteiger partial charge in [-0.1, -0.05) is 0 Å². The van der Waals surface area contributed by atoms with Gasteiger partial charge in [-0.05, 0) is 19.1 Å². The maximum Gasteiger partial charge on any atom is 0.179 e. The van der Waals surface area contributed by atoms with Crippen molar-refractivity contribution in [3.8, 4) is 17.6 Å². The van der Waals surface area contributed by atoms with Crippen LogP contribution in [0.15, 0.2) is 23.1 Å². The summed E-state index contributed by atoms with van der Waals surface area (Å²) in [6.45, 7) is 1.57. The summed E-state index contributed by atoms with van der Waals surface area (Å²) in [7, 11) is -0.575. The molecule has 98 valence electrons. The van der Waals surface area contributed by atoms with Gasteiger partial charge in [-0.25, -0.2) is 8.42 Å². The summed E-state index contributed by atoms with van der Waals surface area (Å²) in [4.78, 5) is 0.127. The van der Waals surface area contributed by atoms with E-state index in [0.717, 1.165) is 0 Å². The normalized spacial score (nSPS) is 12.6. The first-order valence-electron chi connectivity index (χ1n) is 5.29. The average Bonchev–Trinajstić information content (AvgIpc) is 2.37. The molecule has 0 radical (unpaired) electrons. The van der Waals surface area contributed by atoms with E-state index >= 15 is 0 Å². The Hall–Kier alpha value is -1.74. The van der Waals surface area contributed by atoms with Gasteiger partial charge in [0.1, 0.15) is 0 Å². The first kappa shape index (κ1) is 14.3. The zero-order valence-corrected chi connectivity index (χ0v) is 11.3. The van der Waals surface area contributed by atoms with E-state index in [1.54, 1.807) is 6.92 Å². The van der Waals surface area contributed by atoms with Crippen molar-refractivity contribution < 1.29 is 17.9 Å². The van der Waals surface area contributed by atoms with Crippen LogP contribution in [0.4, 0.5) is 0 Å². The summed E-state index contributed by atoms with van der Waals surface area (Å²) in [5.41, 5.74) is 0. The molecule has 0 heterocycles. The van der Waals surface area contributed by atoms with Crippen molar-refractivity contribution in [1.29, 1.82) is 5.26 Å². The molecule has 0 amide bonds. The number of methoxy groups -OCH3 is 2. The largest absolute Gasteiger partial charge is 0.493 e. The summed E-state index contributed by atoms with van der Waals surface area (Å²) in [5, 5.41) is 8.67. The molecule has 6 heteroatoms. The molecule has 0 bridgehead atoms. The first-order chi connectivity index (χ1) is 8.44. The van der Waals surface area contributed by atoms with Crippen LogP contribution in [-0.2, 0) is 9.84 Å². The summed E-state index contributed by atoms with van der Waals surface area (Å²) in [6, 6.07) is 6.28. The molecule has 1 aromatic rings. The van der Waals surface area contributed by atoms with Gasteiger partial charge in [0.25, 0.3) is 0 Å². The lowest BCUT2D eigenvalue weighted by Gasteiger charge is -2.10. The molecule has 1 unspecified atom stereocenters. The minimum Gasteiger partial charge on any atom is -0.493 e. The highest BCUT2D eigenvalue weighted by Crippen LogP contribution is 2.30. The standard InChI is InChI=1S/C12H15NO4S/c1-9(7-13)8-18(14,15)10-4-5-11(16-2)12(6-10)17-3/h4-6,9H,8H2,1-3H3. The number of hydrogen-bond acceptors (Lipinski definition) is 5. The van der Waals surface area contributed by atoms with E-state index in [9.17, 15) is 8.42 Å². The summed E-state index contributed by atoms with van der Waals surface area (Å²) in [5.74, 6) is 0.0509. The molecule has 0 aliphatic carbocycles. The molecule has 1 aromatic carbocycles. The first-order valence-corrected chi connectivity index (χ1v) is 6.94. The molecular weight excluding hydrogens is 254 g/mol. The Labute approximate surface area is 107 Å². The average molecular weight is 269 g/mol. The van der Waals surface area contributed by atoms with Crippen molar-refractivity contribution in [1.82, 2.24) is 0 Å². The van der Waals surface area contributed by atoms with Crippen molar-refractivity contribution in [2.24, 2.45) is 5.92 Å². The summed E-state index contributed by atoms with van der Waals surface area (Å²) in [6.07, 6.45) is 0. The fourth-order valence-electron chi connectivity index (χ4n) is 1.47. The van der Waals surface area contributed by atoms with Gasteiger partial charge < -0.3 is 9.47 Å². The van der Waals surface area contributed by atoms with Crippen LogP contribution in [0, 0.1) is 17.2 Å². The van der Waals surface area contributed by atoms with Crippen LogP contribution in [0.3, 0.4) is 0 Å². The summed E-state index contributed by atoms with van der Waals surface area (Å²) < 4.78 is 34.1. The van der Waals surface area contributed by atoms with Crippen molar-refractivity contribution >= 4 is 9.84 Å². The number of nitrogens with zero attached hydrogens (tertiary/aromatic N) is 1. The van der Waals surface area contributed by atoms with Crippen molar-refractivity contribution in [3.63, 3.8) is 0 Å². The highest BCUT2D eigenvalue weighted by Gasteiger charge is 2.20. The number of nitriles is 1. The van der Waals surface area contributed by atoms with Crippen LogP contribution in [0.1, 0.15) is 6.92 Å². The second kappa shape index (κ2) is 5.74. The topological polar surface area (TPSA) is 76.4 Å². The van der Waals surface area contributed by atoms with Crippen molar-refractivity contribution in [3.05, 3.63) is 18.2 Å². The quantitative estimate of drug-likeness (QED) is 0.812. The predicted molar refractivity (Wildman–Crippen MR) is 66.4 cm³/mol. The molecule has 0 aliphatic heterocycles. The fraction of sp³-hybridized carbons (Fsp3) is 0.417. The van der Waals surface area contributed by atoms with Crippen molar-refractivity contribution in [2.75, 3.05) is 20.0 Å². The van der Waals surface area contributed by atoms with Gasteiger partial charge in [0.2, 0.25) is 0 Å². The summed E-state index contributed by atoms with van der Waals surface area (Å²) >= 11 is 0. The SMILES string of the molecule is COc1ccc(S(=O)(=O)CC(C)C#N)cc1OC. The van der Waals surface area contributed by atoms with E-state index in [4.69, 9.17) is 14.7 Å². The third-order valence-corrected chi connectivity index (χ3v) is 4.31. The van der Waals surface area contributed by atoms with Gasteiger partial charge in [0, 0.05) is 6.07 Å². The van der Waals surface area contributed by atoms with Crippen LogP contribution in [0.5, 0.6) is 11.5 Å². The molecule has 0 saturated carbocycles. The monoisotopic (exact) mass is 269 g/mol. The van der Waals surface area contributed by atoms with E-state index in [2.05, 4.69) is 0 Å². The maximum atomic E-state index is 12.0. The van der Waals surface area contributed by atoms with E-state index in [-0.39, 0.29) is 10.6 Å². The minimum absolute atomic E-state index is 0.127. The molecular formula is C12H15NO4S. The Morgan fingerprint density at radius 3 is 2.39 bits per heavy atom. The van der Waals surface area contributed by atoms with Gasteiger partial charge in [-0.2, -0.15) is 5.26 Å². The van der Waals surface area contributed by atoms with E-state index in [0.29, 0.717) is 11.5 Å². The highest BCUT2D eigenvalue weighted by atomic mass is 32.2. The maximum absolute atomic E-state index is 12.0. The van der Waals surface area contributed by atoms with Crippen LogP contribution in [0.25, 0.3) is 0 Å². The van der Waals surface area contributed by atoms with Gasteiger partial charge in [-0.15, -0.1) is 0 Å². The lowest BCUT2D eigenvalue weighted by atomic mass is 10.3. The molecule has 5 nitrogen and oxygen atoms in total. The molecule has 0 fully saturated rings. The van der Waals surface area contributed by atoms with Crippen molar-refractivity contribution in [2.45, 2.75) is 11.8 Å².